The molecule has 0 spiro atoms. The summed E-state index contributed by atoms with van der Waals surface area (Å²) in [4.78, 5) is 0. The fourth-order valence-corrected chi connectivity index (χ4v) is 1.78. The average molecular weight is 251 g/mol. The lowest BCUT2D eigenvalue weighted by molar-refractivity contribution is 0.149. The Bertz CT molecular complexity index is 346. The molecule has 0 aromatic heterocycles. The molecule has 0 aliphatic heterocycles. The molecular formula is C15H25NO2. The van der Waals surface area contributed by atoms with Gasteiger partial charge in [0.15, 0.2) is 0 Å². The van der Waals surface area contributed by atoms with E-state index in [0.717, 1.165) is 19.6 Å². The van der Waals surface area contributed by atoms with Crippen LogP contribution in [0.2, 0.25) is 0 Å². The van der Waals surface area contributed by atoms with E-state index in [1.165, 1.54) is 5.56 Å². The van der Waals surface area contributed by atoms with Crippen LogP contribution < -0.4 is 5.32 Å². The van der Waals surface area contributed by atoms with E-state index in [-0.39, 0.29) is 11.5 Å². The van der Waals surface area contributed by atoms with Gasteiger partial charge in [0, 0.05) is 26.3 Å². The van der Waals surface area contributed by atoms with E-state index in [4.69, 9.17) is 4.74 Å². The Hall–Kier alpha value is -1.06. The van der Waals surface area contributed by atoms with E-state index in [0.29, 0.717) is 5.75 Å². The molecule has 1 atom stereocenters. The summed E-state index contributed by atoms with van der Waals surface area (Å²) >= 11 is 0. The summed E-state index contributed by atoms with van der Waals surface area (Å²) in [7, 11) is 1.74. The van der Waals surface area contributed by atoms with Gasteiger partial charge in [-0.25, -0.2) is 0 Å². The van der Waals surface area contributed by atoms with Crippen LogP contribution in [0.5, 0.6) is 5.75 Å². The lowest BCUT2D eigenvalue weighted by Gasteiger charge is -2.27. The molecule has 2 N–H and O–H groups in total. The third-order valence-electron chi connectivity index (χ3n) is 3.26. The number of hydrogen-bond donors (Lipinski definition) is 2. The monoisotopic (exact) mass is 251 g/mol. The van der Waals surface area contributed by atoms with Crippen molar-refractivity contribution in [2.45, 2.75) is 33.2 Å². The van der Waals surface area contributed by atoms with Crippen LogP contribution in [-0.2, 0) is 4.74 Å². The first-order valence-electron chi connectivity index (χ1n) is 6.46. The minimum Gasteiger partial charge on any atom is -0.508 e. The smallest absolute Gasteiger partial charge is 0.115 e. The Morgan fingerprint density at radius 3 is 2.44 bits per heavy atom. The molecule has 18 heavy (non-hydrogen) atoms. The topological polar surface area (TPSA) is 41.5 Å². The number of ether oxygens (including phenoxy) is 1. The highest BCUT2D eigenvalue weighted by atomic mass is 16.5. The molecule has 102 valence electrons. The van der Waals surface area contributed by atoms with Gasteiger partial charge < -0.3 is 15.2 Å². The number of phenols is 1. The first-order chi connectivity index (χ1) is 8.44. The van der Waals surface area contributed by atoms with Gasteiger partial charge in [-0.3, -0.25) is 0 Å². The predicted molar refractivity (Wildman–Crippen MR) is 74.8 cm³/mol. The van der Waals surface area contributed by atoms with Crippen molar-refractivity contribution in [1.29, 1.82) is 0 Å². The van der Waals surface area contributed by atoms with Crippen molar-refractivity contribution >= 4 is 0 Å². The highest BCUT2D eigenvalue weighted by Crippen LogP contribution is 2.22. The van der Waals surface area contributed by atoms with E-state index in [2.05, 4.69) is 26.1 Å². The first-order valence-corrected chi connectivity index (χ1v) is 6.46. The molecule has 0 aliphatic carbocycles. The maximum absolute atomic E-state index is 9.26. The average Bonchev–Trinajstić information content (AvgIpc) is 2.35. The van der Waals surface area contributed by atoms with Crippen LogP contribution in [0.1, 0.15) is 38.8 Å². The lowest BCUT2D eigenvalue weighted by Crippen LogP contribution is -2.32. The molecule has 1 unspecified atom stereocenters. The molecule has 1 aromatic rings. The second-order valence-electron chi connectivity index (χ2n) is 5.60. The maximum Gasteiger partial charge on any atom is 0.115 e. The van der Waals surface area contributed by atoms with Crippen molar-refractivity contribution < 1.29 is 9.84 Å². The van der Waals surface area contributed by atoms with Gasteiger partial charge in [-0.15, -0.1) is 0 Å². The van der Waals surface area contributed by atoms with Gasteiger partial charge in [0.2, 0.25) is 0 Å². The second-order valence-corrected chi connectivity index (χ2v) is 5.60. The molecular weight excluding hydrogens is 226 g/mol. The standard InChI is InChI=1S/C15H25NO2/c1-12(13-5-7-14(17)8-6-13)16-11-15(2,3)9-10-18-4/h5-8,12,16-17H,9-11H2,1-4H3. The van der Waals surface area contributed by atoms with E-state index >= 15 is 0 Å². The van der Waals surface area contributed by atoms with Crippen LogP contribution in [-0.4, -0.2) is 25.4 Å². The van der Waals surface area contributed by atoms with Crippen LogP contribution in [0.3, 0.4) is 0 Å². The van der Waals surface area contributed by atoms with Gasteiger partial charge >= 0.3 is 0 Å². The summed E-state index contributed by atoms with van der Waals surface area (Å²) in [6, 6.07) is 7.64. The summed E-state index contributed by atoms with van der Waals surface area (Å²) in [5.41, 5.74) is 1.41. The Labute approximate surface area is 110 Å². The molecule has 0 radical (unpaired) electrons. The Kier molecular flexibility index (Phi) is 5.63. The Morgan fingerprint density at radius 1 is 1.28 bits per heavy atom. The summed E-state index contributed by atoms with van der Waals surface area (Å²) in [6.45, 7) is 8.35. The molecule has 0 amide bonds. The normalized spacial score (nSPS) is 13.6. The predicted octanol–water partition coefficient (Wildman–Crippen LogP) is 3.11. The molecule has 0 saturated heterocycles. The third kappa shape index (κ3) is 5.07. The number of nitrogens with one attached hydrogen (secondary N) is 1. The van der Waals surface area contributed by atoms with Crippen molar-refractivity contribution in [1.82, 2.24) is 5.32 Å². The van der Waals surface area contributed by atoms with Gasteiger partial charge in [-0.2, -0.15) is 0 Å². The minimum absolute atomic E-state index is 0.223. The number of hydrogen-bond acceptors (Lipinski definition) is 3. The van der Waals surface area contributed by atoms with Crippen molar-refractivity contribution in [3.8, 4) is 5.75 Å². The SMILES string of the molecule is COCCC(C)(C)CNC(C)c1ccc(O)cc1. The molecule has 0 bridgehead atoms. The van der Waals surface area contributed by atoms with Crippen molar-refractivity contribution in [2.75, 3.05) is 20.3 Å². The summed E-state index contributed by atoms with van der Waals surface area (Å²) in [5, 5.41) is 12.8. The highest BCUT2D eigenvalue weighted by molar-refractivity contribution is 5.27. The molecule has 0 fully saturated rings. The van der Waals surface area contributed by atoms with E-state index in [1.54, 1.807) is 19.2 Å². The van der Waals surface area contributed by atoms with Crippen LogP contribution >= 0.6 is 0 Å². The summed E-state index contributed by atoms with van der Waals surface area (Å²) in [5.74, 6) is 0.311. The first kappa shape index (κ1) is 15.0. The number of phenolic OH excluding ortho intramolecular Hbond substituents is 1. The number of benzene rings is 1. The van der Waals surface area contributed by atoms with Crippen LogP contribution in [0.15, 0.2) is 24.3 Å². The molecule has 0 aliphatic rings. The van der Waals surface area contributed by atoms with Crippen LogP contribution in [0.25, 0.3) is 0 Å². The minimum atomic E-state index is 0.223. The highest BCUT2D eigenvalue weighted by Gasteiger charge is 2.18. The van der Waals surface area contributed by atoms with Gasteiger partial charge in [0.1, 0.15) is 5.75 Å². The number of methoxy groups -OCH3 is 1. The van der Waals surface area contributed by atoms with Crippen molar-refractivity contribution in [3.63, 3.8) is 0 Å². The fourth-order valence-electron chi connectivity index (χ4n) is 1.78. The van der Waals surface area contributed by atoms with Crippen LogP contribution in [0.4, 0.5) is 0 Å². The largest absolute Gasteiger partial charge is 0.508 e. The zero-order chi connectivity index (χ0) is 13.6. The zero-order valence-corrected chi connectivity index (χ0v) is 11.9. The Morgan fingerprint density at radius 2 is 1.89 bits per heavy atom. The molecule has 3 heteroatoms. The summed E-state index contributed by atoms with van der Waals surface area (Å²) in [6.07, 6.45) is 1.04. The summed E-state index contributed by atoms with van der Waals surface area (Å²) < 4.78 is 5.13. The van der Waals surface area contributed by atoms with E-state index in [1.807, 2.05) is 12.1 Å². The fraction of sp³-hybridized carbons (Fsp3) is 0.600. The van der Waals surface area contributed by atoms with Gasteiger partial charge in [0.25, 0.3) is 0 Å². The van der Waals surface area contributed by atoms with E-state index < -0.39 is 0 Å². The quantitative estimate of drug-likeness (QED) is 0.782. The van der Waals surface area contributed by atoms with Gasteiger partial charge in [-0.05, 0) is 36.5 Å². The zero-order valence-electron chi connectivity index (χ0n) is 11.9. The molecule has 3 nitrogen and oxygen atoms in total. The van der Waals surface area contributed by atoms with Crippen molar-refractivity contribution in [2.24, 2.45) is 5.41 Å². The molecule has 1 rings (SSSR count). The lowest BCUT2D eigenvalue weighted by atomic mass is 9.89. The molecule has 0 heterocycles. The molecule has 1 aromatic carbocycles. The number of rotatable bonds is 7. The van der Waals surface area contributed by atoms with E-state index in [9.17, 15) is 5.11 Å². The van der Waals surface area contributed by atoms with Crippen LogP contribution in [0, 0.1) is 5.41 Å². The van der Waals surface area contributed by atoms with Gasteiger partial charge in [-0.1, -0.05) is 26.0 Å². The van der Waals surface area contributed by atoms with Crippen molar-refractivity contribution in [3.05, 3.63) is 29.8 Å². The Balaban J connectivity index is 2.45. The van der Waals surface area contributed by atoms with Gasteiger partial charge in [0.05, 0.1) is 0 Å². The third-order valence-corrected chi connectivity index (χ3v) is 3.26. The second kappa shape index (κ2) is 6.76. The number of aromatic hydroxyl groups is 1. The maximum atomic E-state index is 9.26. The molecule has 0 saturated carbocycles.